The van der Waals surface area contributed by atoms with Crippen LogP contribution in [0.3, 0.4) is 0 Å². The number of rotatable bonds is 2. The first kappa shape index (κ1) is 10.5. The van der Waals surface area contributed by atoms with Crippen LogP contribution in [0.2, 0.25) is 0 Å². The van der Waals surface area contributed by atoms with Crippen molar-refractivity contribution >= 4 is 10.2 Å². The highest BCUT2D eigenvalue weighted by molar-refractivity contribution is 8.48. The lowest BCUT2D eigenvalue weighted by molar-refractivity contribution is 0.384. The first-order valence-electron chi connectivity index (χ1n) is 2.48. The lowest BCUT2D eigenvalue weighted by Crippen LogP contribution is -1.98. The maximum absolute atomic E-state index is 11.4. The summed E-state index contributed by atoms with van der Waals surface area (Å²) in [5, 5.41) is -1.01. The van der Waals surface area contributed by atoms with E-state index in [9.17, 15) is 19.4 Å². The molecule has 0 aliphatic heterocycles. The highest BCUT2D eigenvalue weighted by Gasteiger charge is 2.60. The minimum atomic E-state index is -9.34. The smallest absolute Gasteiger partial charge is 0.0961 e. The summed E-state index contributed by atoms with van der Waals surface area (Å²) in [6.45, 7) is 4.21. The molecule has 0 rings (SSSR count). The molecule has 0 nitrogen and oxygen atoms in total. The van der Waals surface area contributed by atoms with Gasteiger partial charge in [0.2, 0.25) is 0 Å². The lowest BCUT2D eigenvalue weighted by atomic mass is 10.4. The zero-order valence-corrected chi connectivity index (χ0v) is 6.48. The van der Waals surface area contributed by atoms with Gasteiger partial charge in [-0.05, 0) is 13.0 Å². The second-order valence-corrected chi connectivity index (χ2v) is 4.51. The second kappa shape index (κ2) is 1.80. The predicted molar refractivity (Wildman–Crippen MR) is 37.1 cm³/mol. The fourth-order valence-corrected chi connectivity index (χ4v) is 0.734. The Bertz CT molecular complexity index is 206. The van der Waals surface area contributed by atoms with Gasteiger partial charge in [0.05, 0.1) is 5.41 Å². The molecule has 0 aromatic rings. The van der Waals surface area contributed by atoms with Crippen molar-refractivity contribution in [2.45, 2.75) is 6.92 Å². The van der Waals surface area contributed by atoms with Crippen LogP contribution in [0.15, 0.2) is 23.6 Å². The Kier molecular flexibility index (Phi) is 1.71. The molecule has 0 spiro atoms. The first-order valence-corrected chi connectivity index (χ1v) is 4.50. The third kappa shape index (κ3) is 9.48. The lowest BCUT2D eigenvalue weighted by Gasteiger charge is -2.36. The standard InChI is InChI=1S/C5H7F5S/c1-5(2)3-4-11(6,7,8,9)10/h3-4H,1H2,2H3/b4-3+. The molecular formula is C5H7F5S. The summed E-state index contributed by atoms with van der Waals surface area (Å²) in [4.78, 5) is 0. The summed E-state index contributed by atoms with van der Waals surface area (Å²) in [6, 6.07) is 0. The van der Waals surface area contributed by atoms with E-state index in [2.05, 4.69) is 6.58 Å². The van der Waals surface area contributed by atoms with Crippen LogP contribution in [0.1, 0.15) is 6.92 Å². The molecule has 0 aromatic carbocycles. The van der Waals surface area contributed by atoms with Gasteiger partial charge in [-0.15, -0.1) is 0 Å². The number of halogens is 5. The Hall–Kier alpha value is -0.520. The molecule has 0 aliphatic carbocycles. The SMILES string of the molecule is C=C(C)/C=C/S(F)(F)(F)(F)F. The molecule has 0 radical (unpaired) electrons. The fourth-order valence-electron chi connectivity index (χ4n) is 0.245. The van der Waals surface area contributed by atoms with Crippen molar-refractivity contribution in [1.82, 2.24) is 0 Å². The van der Waals surface area contributed by atoms with Crippen molar-refractivity contribution in [2.75, 3.05) is 0 Å². The average Bonchev–Trinajstić information content (AvgIpc) is 1.56. The van der Waals surface area contributed by atoms with Gasteiger partial charge in [-0.1, -0.05) is 31.6 Å². The minimum absolute atomic E-state index is 0.0711. The highest BCUT2D eigenvalue weighted by atomic mass is 32.5. The topological polar surface area (TPSA) is 0 Å². The number of hydrogen-bond acceptors (Lipinski definition) is 0. The van der Waals surface area contributed by atoms with Crippen LogP contribution < -0.4 is 0 Å². The summed E-state index contributed by atoms with van der Waals surface area (Å²) in [5.41, 5.74) is -0.0711. The monoisotopic (exact) mass is 194 g/mol. The van der Waals surface area contributed by atoms with Gasteiger partial charge < -0.3 is 0 Å². The molecule has 0 N–H and O–H groups in total. The molecule has 0 unspecified atom stereocenters. The van der Waals surface area contributed by atoms with Crippen molar-refractivity contribution in [2.24, 2.45) is 0 Å². The Balaban J connectivity index is 4.78. The summed E-state index contributed by atoms with van der Waals surface area (Å²) >= 11 is 0. The van der Waals surface area contributed by atoms with E-state index < -0.39 is 15.6 Å². The van der Waals surface area contributed by atoms with E-state index in [1.165, 1.54) is 6.92 Å². The van der Waals surface area contributed by atoms with Crippen molar-refractivity contribution in [3.05, 3.63) is 23.6 Å². The zero-order valence-electron chi connectivity index (χ0n) is 5.66. The van der Waals surface area contributed by atoms with Gasteiger partial charge in [0.1, 0.15) is 0 Å². The Morgan fingerprint density at radius 2 is 1.55 bits per heavy atom. The van der Waals surface area contributed by atoms with Crippen LogP contribution >= 0.6 is 10.2 Å². The van der Waals surface area contributed by atoms with Gasteiger partial charge >= 0.3 is 10.2 Å². The van der Waals surface area contributed by atoms with Crippen LogP contribution in [0, 0.1) is 0 Å². The van der Waals surface area contributed by atoms with E-state index in [-0.39, 0.29) is 11.6 Å². The minimum Gasteiger partial charge on any atom is -0.0961 e. The van der Waals surface area contributed by atoms with Crippen molar-refractivity contribution in [3.63, 3.8) is 0 Å². The van der Waals surface area contributed by atoms with Crippen LogP contribution in [0.4, 0.5) is 19.4 Å². The van der Waals surface area contributed by atoms with E-state index in [4.69, 9.17) is 0 Å². The first-order chi connectivity index (χ1) is 4.39. The molecule has 0 aromatic heterocycles. The summed E-state index contributed by atoms with van der Waals surface area (Å²) in [7, 11) is -9.34. The van der Waals surface area contributed by atoms with Crippen LogP contribution in [0.5, 0.6) is 0 Å². The van der Waals surface area contributed by atoms with E-state index in [0.29, 0.717) is 0 Å². The third-order valence-corrected chi connectivity index (χ3v) is 1.26. The summed E-state index contributed by atoms with van der Waals surface area (Å²) in [5.74, 6) is 0. The molecule has 0 saturated carbocycles. The fraction of sp³-hybridized carbons (Fsp3) is 0.200. The normalized spacial score (nSPS) is 19.5. The Morgan fingerprint density at radius 1 is 1.18 bits per heavy atom. The molecule has 0 atom stereocenters. The largest absolute Gasteiger partial charge is 0.304 e. The van der Waals surface area contributed by atoms with Gasteiger partial charge in [0.25, 0.3) is 0 Å². The van der Waals surface area contributed by atoms with Gasteiger partial charge in [0.15, 0.2) is 0 Å². The molecule has 11 heavy (non-hydrogen) atoms. The highest BCUT2D eigenvalue weighted by Crippen LogP contribution is 2.98. The quantitative estimate of drug-likeness (QED) is 0.452. The van der Waals surface area contributed by atoms with E-state index >= 15 is 0 Å². The molecule has 0 bridgehead atoms. The van der Waals surface area contributed by atoms with Gasteiger partial charge in [-0.3, -0.25) is 0 Å². The predicted octanol–water partition coefficient (Wildman–Crippen LogP) is 4.37. The van der Waals surface area contributed by atoms with Crippen LogP contribution in [-0.2, 0) is 0 Å². The van der Waals surface area contributed by atoms with Crippen molar-refractivity contribution in [3.8, 4) is 0 Å². The Morgan fingerprint density at radius 3 is 1.64 bits per heavy atom. The molecule has 6 heteroatoms. The van der Waals surface area contributed by atoms with Crippen LogP contribution in [0.25, 0.3) is 0 Å². The van der Waals surface area contributed by atoms with Crippen molar-refractivity contribution < 1.29 is 19.4 Å². The van der Waals surface area contributed by atoms with E-state index in [0.717, 1.165) is 0 Å². The van der Waals surface area contributed by atoms with E-state index in [1.807, 2.05) is 0 Å². The van der Waals surface area contributed by atoms with Crippen LogP contribution in [-0.4, -0.2) is 0 Å². The maximum Gasteiger partial charge on any atom is 0.304 e. The van der Waals surface area contributed by atoms with Gasteiger partial charge in [-0.25, -0.2) is 0 Å². The summed E-state index contributed by atoms with van der Waals surface area (Å²) < 4.78 is 57.2. The molecule has 0 aliphatic rings. The molecule has 0 fully saturated rings. The average molecular weight is 194 g/mol. The summed E-state index contributed by atoms with van der Waals surface area (Å²) in [6.07, 6.45) is 0.252. The molecule has 0 amide bonds. The Labute approximate surface area is 61.1 Å². The second-order valence-electron chi connectivity index (χ2n) is 2.18. The number of allylic oxidation sites excluding steroid dienone is 2. The number of hydrogen-bond donors (Lipinski definition) is 0. The molecule has 0 heterocycles. The molecular weight excluding hydrogens is 187 g/mol. The molecule has 68 valence electrons. The van der Waals surface area contributed by atoms with Crippen molar-refractivity contribution in [1.29, 1.82) is 0 Å². The van der Waals surface area contributed by atoms with Gasteiger partial charge in [0, 0.05) is 0 Å². The molecule has 0 saturated heterocycles. The third-order valence-electron chi connectivity index (χ3n) is 0.610. The van der Waals surface area contributed by atoms with Gasteiger partial charge in [-0.2, -0.15) is 0 Å². The zero-order chi connectivity index (χ0) is 9.40. The van der Waals surface area contributed by atoms with E-state index in [1.54, 1.807) is 0 Å². The maximum atomic E-state index is 11.4.